The van der Waals surface area contributed by atoms with Gasteiger partial charge < -0.3 is 14.7 Å². The summed E-state index contributed by atoms with van der Waals surface area (Å²) >= 11 is 0. The van der Waals surface area contributed by atoms with Crippen LogP contribution in [0.15, 0.2) is 24.3 Å². The first-order chi connectivity index (χ1) is 14.8. The van der Waals surface area contributed by atoms with E-state index in [1.54, 1.807) is 6.92 Å². The molecule has 5 heteroatoms. The van der Waals surface area contributed by atoms with Gasteiger partial charge in [0.1, 0.15) is 0 Å². The van der Waals surface area contributed by atoms with Crippen LogP contribution in [0, 0.1) is 20.8 Å². The summed E-state index contributed by atoms with van der Waals surface area (Å²) in [6, 6.07) is 8.87. The first kappa shape index (κ1) is 21.4. The van der Waals surface area contributed by atoms with Gasteiger partial charge in [0.25, 0.3) is 0 Å². The van der Waals surface area contributed by atoms with Crippen molar-refractivity contribution in [1.29, 1.82) is 0 Å². The number of fused-ring (bicyclic) bond motifs is 1. The molecule has 3 amide bonds. The fraction of sp³-hybridized carbons (Fsp3) is 0.462. The van der Waals surface area contributed by atoms with E-state index in [0.29, 0.717) is 39.3 Å². The lowest BCUT2D eigenvalue weighted by molar-refractivity contribution is -0.130. The number of urea groups is 1. The van der Waals surface area contributed by atoms with Crippen LogP contribution in [0.25, 0.3) is 11.1 Å². The van der Waals surface area contributed by atoms with Crippen molar-refractivity contribution in [1.82, 2.24) is 14.7 Å². The highest BCUT2D eigenvalue weighted by atomic mass is 16.2. The summed E-state index contributed by atoms with van der Waals surface area (Å²) in [4.78, 5) is 30.6. The van der Waals surface area contributed by atoms with E-state index >= 15 is 0 Å². The van der Waals surface area contributed by atoms with E-state index in [0.717, 1.165) is 6.42 Å². The summed E-state index contributed by atoms with van der Waals surface area (Å²) in [6.45, 7) is 14.2. The molecule has 4 rings (SSSR count). The summed E-state index contributed by atoms with van der Waals surface area (Å²) in [5.74, 6) is 0.0858. The third kappa shape index (κ3) is 3.82. The van der Waals surface area contributed by atoms with E-state index in [1.807, 2.05) is 14.7 Å². The molecule has 0 atom stereocenters. The number of carbonyl (C=O) groups is 2. The van der Waals surface area contributed by atoms with Crippen LogP contribution in [-0.2, 0) is 24.3 Å². The highest BCUT2D eigenvalue weighted by Gasteiger charge is 2.33. The molecule has 2 aliphatic rings. The number of piperazine rings is 1. The monoisotopic (exact) mass is 419 g/mol. The number of amides is 3. The number of nitrogens with zero attached hydrogens (tertiary/aromatic N) is 3. The Hall–Kier alpha value is -2.82. The van der Waals surface area contributed by atoms with E-state index in [9.17, 15) is 9.59 Å². The molecule has 0 aliphatic carbocycles. The second kappa shape index (κ2) is 8.37. The predicted molar refractivity (Wildman–Crippen MR) is 124 cm³/mol. The molecule has 2 aromatic rings. The molecular weight excluding hydrogens is 386 g/mol. The van der Waals surface area contributed by atoms with Crippen molar-refractivity contribution in [3.63, 3.8) is 0 Å². The Kier molecular flexibility index (Phi) is 5.78. The van der Waals surface area contributed by atoms with Gasteiger partial charge in [0.2, 0.25) is 5.91 Å². The first-order valence-corrected chi connectivity index (χ1v) is 11.3. The zero-order valence-corrected chi connectivity index (χ0v) is 19.4. The van der Waals surface area contributed by atoms with E-state index in [1.165, 1.54) is 44.5 Å². The predicted octanol–water partition coefficient (Wildman–Crippen LogP) is 4.44. The van der Waals surface area contributed by atoms with Gasteiger partial charge in [0.05, 0.1) is 0 Å². The van der Waals surface area contributed by atoms with Crippen molar-refractivity contribution >= 4 is 11.9 Å². The van der Waals surface area contributed by atoms with Crippen LogP contribution in [0.5, 0.6) is 0 Å². The summed E-state index contributed by atoms with van der Waals surface area (Å²) in [5.41, 5.74) is 10.5. The highest BCUT2D eigenvalue weighted by molar-refractivity contribution is 5.80. The number of hydrogen-bond donors (Lipinski definition) is 0. The lowest BCUT2D eigenvalue weighted by Gasteiger charge is -2.36. The topological polar surface area (TPSA) is 43.9 Å². The average Bonchev–Trinajstić information content (AvgIpc) is 3.22. The molecule has 164 valence electrons. The maximum absolute atomic E-state index is 13.3. The molecular formula is C26H33N3O2. The van der Waals surface area contributed by atoms with Crippen molar-refractivity contribution in [2.24, 2.45) is 0 Å². The van der Waals surface area contributed by atoms with Gasteiger partial charge in [-0.05, 0) is 66.1 Å². The fourth-order valence-corrected chi connectivity index (χ4v) is 5.17. The Labute approximate surface area is 185 Å². The number of aryl methyl sites for hydroxylation is 1. The second-order valence-electron chi connectivity index (χ2n) is 8.91. The average molecular weight is 420 g/mol. The van der Waals surface area contributed by atoms with Gasteiger partial charge >= 0.3 is 6.03 Å². The zero-order chi connectivity index (χ0) is 22.3. The minimum absolute atomic E-state index is 0.0858. The molecule has 2 aliphatic heterocycles. The van der Waals surface area contributed by atoms with Crippen molar-refractivity contribution in [3.05, 3.63) is 57.6 Å². The maximum Gasteiger partial charge on any atom is 0.320 e. The van der Waals surface area contributed by atoms with Gasteiger partial charge in [-0.3, -0.25) is 4.79 Å². The minimum atomic E-state index is 0.0858. The van der Waals surface area contributed by atoms with E-state index in [2.05, 4.69) is 52.0 Å². The first-order valence-electron chi connectivity index (χ1n) is 11.3. The Morgan fingerprint density at radius 3 is 1.90 bits per heavy atom. The quantitative estimate of drug-likeness (QED) is 0.722. The summed E-state index contributed by atoms with van der Waals surface area (Å²) in [6.07, 6.45) is 0.976. The molecule has 0 N–H and O–H groups in total. The summed E-state index contributed by atoms with van der Waals surface area (Å²) in [5, 5.41) is 0. The summed E-state index contributed by atoms with van der Waals surface area (Å²) in [7, 11) is 0. The minimum Gasteiger partial charge on any atom is -0.339 e. The lowest BCUT2D eigenvalue weighted by atomic mass is 9.84. The third-order valence-electron chi connectivity index (χ3n) is 7.06. The van der Waals surface area contributed by atoms with Gasteiger partial charge in [-0.1, -0.05) is 36.8 Å². The molecule has 1 fully saturated rings. The van der Waals surface area contributed by atoms with E-state index in [-0.39, 0.29) is 11.9 Å². The van der Waals surface area contributed by atoms with Crippen molar-refractivity contribution in [3.8, 4) is 11.1 Å². The van der Waals surface area contributed by atoms with Crippen molar-refractivity contribution in [2.45, 2.75) is 54.1 Å². The van der Waals surface area contributed by atoms with Crippen LogP contribution in [0.3, 0.4) is 0 Å². The van der Waals surface area contributed by atoms with Gasteiger partial charge in [-0.2, -0.15) is 0 Å². The van der Waals surface area contributed by atoms with Crippen LogP contribution >= 0.6 is 0 Å². The molecule has 0 unspecified atom stereocenters. The van der Waals surface area contributed by atoms with Gasteiger partial charge in [0, 0.05) is 46.2 Å². The maximum atomic E-state index is 13.3. The summed E-state index contributed by atoms with van der Waals surface area (Å²) < 4.78 is 0. The van der Waals surface area contributed by atoms with Crippen LogP contribution in [0.4, 0.5) is 4.79 Å². The Bertz CT molecular complexity index is 1020. The molecule has 0 spiro atoms. The molecule has 0 bridgehead atoms. The fourth-order valence-electron chi connectivity index (χ4n) is 5.17. The van der Waals surface area contributed by atoms with Crippen molar-refractivity contribution in [2.75, 3.05) is 26.2 Å². The molecule has 2 heterocycles. The smallest absolute Gasteiger partial charge is 0.320 e. The number of rotatable bonds is 2. The molecule has 5 nitrogen and oxygen atoms in total. The van der Waals surface area contributed by atoms with Crippen LogP contribution in [-0.4, -0.2) is 52.8 Å². The second-order valence-corrected chi connectivity index (χ2v) is 8.91. The highest BCUT2D eigenvalue weighted by Crippen LogP contribution is 2.39. The van der Waals surface area contributed by atoms with E-state index < -0.39 is 0 Å². The lowest BCUT2D eigenvalue weighted by Crippen LogP contribution is -2.52. The number of carbonyl (C=O) groups excluding carboxylic acids is 2. The molecule has 0 radical (unpaired) electrons. The van der Waals surface area contributed by atoms with Crippen LogP contribution in [0.2, 0.25) is 0 Å². The number of benzene rings is 2. The van der Waals surface area contributed by atoms with E-state index in [4.69, 9.17) is 0 Å². The molecule has 1 saturated heterocycles. The molecule has 0 saturated carbocycles. The zero-order valence-electron chi connectivity index (χ0n) is 19.4. The Morgan fingerprint density at radius 1 is 0.806 bits per heavy atom. The molecule has 2 aromatic carbocycles. The van der Waals surface area contributed by atoms with Crippen molar-refractivity contribution < 1.29 is 9.59 Å². The SMILES string of the molecule is CCc1c(C)c2c(c(C)c1-c1ccc(C)cc1)CN(C(=O)N1CCN(C(C)=O)CC1)C2. The van der Waals surface area contributed by atoms with Gasteiger partial charge in [-0.25, -0.2) is 4.79 Å². The Balaban J connectivity index is 1.62. The standard InChI is InChI=1S/C26H33N3O2/c1-6-22-18(3)23-15-29(26(31)28-13-11-27(12-14-28)20(5)30)16-24(23)19(4)25(22)21-9-7-17(2)8-10-21/h7-10H,6,11-16H2,1-5H3. The Morgan fingerprint density at radius 2 is 1.35 bits per heavy atom. The molecule has 31 heavy (non-hydrogen) atoms. The third-order valence-corrected chi connectivity index (χ3v) is 7.06. The van der Waals surface area contributed by atoms with Crippen LogP contribution < -0.4 is 0 Å². The normalized spacial score (nSPS) is 16.0. The number of hydrogen-bond acceptors (Lipinski definition) is 2. The molecule has 0 aromatic heterocycles. The van der Waals surface area contributed by atoms with Gasteiger partial charge in [-0.15, -0.1) is 0 Å². The van der Waals surface area contributed by atoms with Crippen LogP contribution in [0.1, 0.15) is 47.2 Å². The largest absolute Gasteiger partial charge is 0.339 e. The van der Waals surface area contributed by atoms with Gasteiger partial charge in [0.15, 0.2) is 0 Å².